The van der Waals surface area contributed by atoms with E-state index in [0.29, 0.717) is 5.13 Å². The average molecular weight is 345 g/mol. The topological polar surface area (TPSA) is 98.0 Å². The molecule has 0 aliphatic heterocycles. The number of anilines is 2. The molecule has 2 heterocycles. The van der Waals surface area contributed by atoms with Gasteiger partial charge in [-0.05, 0) is 31.7 Å². The first-order chi connectivity index (χ1) is 9.95. The molecule has 0 saturated carbocycles. The summed E-state index contributed by atoms with van der Waals surface area (Å²) < 4.78 is 27.1. The van der Waals surface area contributed by atoms with Gasteiger partial charge in [-0.15, -0.1) is 11.3 Å². The third-order valence-electron chi connectivity index (χ3n) is 3.22. The highest BCUT2D eigenvalue weighted by atomic mass is 35.5. The SMILES string of the molecule is Nc1ncc(S(=O)(=O)Nc2nc3c(s2)CCCC3)cc1Cl. The molecule has 21 heavy (non-hydrogen) atoms. The van der Waals surface area contributed by atoms with E-state index in [2.05, 4.69) is 14.7 Å². The molecule has 0 unspecified atom stereocenters. The van der Waals surface area contributed by atoms with Gasteiger partial charge in [0.15, 0.2) is 5.13 Å². The second kappa shape index (κ2) is 5.43. The molecule has 112 valence electrons. The Morgan fingerprint density at radius 2 is 2.10 bits per heavy atom. The zero-order chi connectivity index (χ0) is 15.0. The number of aryl methyl sites for hydroxylation is 2. The van der Waals surface area contributed by atoms with Crippen molar-refractivity contribution in [1.29, 1.82) is 0 Å². The molecule has 0 radical (unpaired) electrons. The normalized spacial score (nSPS) is 14.7. The van der Waals surface area contributed by atoms with E-state index in [4.69, 9.17) is 17.3 Å². The largest absolute Gasteiger partial charge is 0.382 e. The van der Waals surface area contributed by atoms with Gasteiger partial charge in [0.1, 0.15) is 10.7 Å². The van der Waals surface area contributed by atoms with Crippen LogP contribution in [0.2, 0.25) is 5.02 Å². The van der Waals surface area contributed by atoms with Gasteiger partial charge in [-0.3, -0.25) is 4.72 Å². The summed E-state index contributed by atoms with van der Waals surface area (Å²) in [6.07, 6.45) is 5.27. The summed E-state index contributed by atoms with van der Waals surface area (Å²) in [5.74, 6) is 0.0975. The lowest BCUT2D eigenvalue weighted by Crippen LogP contribution is -2.13. The number of halogens is 1. The van der Waals surface area contributed by atoms with E-state index in [9.17, 15) is 8.42 Å². The summed E-state index contributed by atoms with van der Waals surface area (Å²) in [7, 11) is -3.76. The summed E-state index contributed by atoms with van der Waals surface area (Å²) in [6, 6.07) is 1.28. The Kier molecular flexibility index (Phi) is 3.76. The van der Waals surface area contributed by atoms with E-state index in [1.165, 1.54) is 23.6 Å². The van der Waals surface area contributed by atoms with Crippen molar-refractivity contribution in [2.24, 2.45) is 0 Å². The Balaban J connectivity index is 1.88. The van der Waals surface area contributed by atoms with Crippen LogP contribution in [0, 0.1) is 0 Å². The molecule has 0 amide bonds. The molecule has 6 nitrogen and oxygen atoms in total. The molecule has 0 bridgehead atoms. The minimum absolute atomic E-state index is 0.0325. The minimum Gasteiger partial charge on any atom is -0.382 e. The quantitative estimate of drug-likeness (QED) is 0.891. The number of hydrogen-bond donors (Lipinski definition) is 2. The van der Waals surface area contributed by atoms with Crippen LogP contribution in [0.15, 0.2) is 17.2 Å². The van der Waals surface area contributed by atoms with Gasteiger partial charge in [-0.2, -0.15) is 0 Å². The van der Waals surface area contributed by atoms with E-state index >= 15 is 0 Å². The van der Waals surface area contributed by atoms with Crippen LogP contribution in [0.3, 0.4) is 0 Å². The molecule has 0 atom stereocenters. The Hall–Kier alpha value is -1.38. The Labute approximate surface area is 131 Å². The van der Waals surface area contributed by atoms with Crippen molar-refractivity contribution in [3.05, 3.63) is 27.9 Å². The Morgan fingerprint density at radius 1 is 1.33 bits per heavy atom. The van der Waals surface area contributed by atoms with Crippen LogP contribution >= 0.6 is 22.9 Å². The van der Waals surface area contributed by atoms with Gasteiger partial charge >= 0.3 is 0 Å². The molecule has 2 aromatic rings. The third-order valence-corrected chi connectivity index (χ3v) is 6.03. The standard InChI is InChI=1S/C12H13ClN4O2S2/c13-8-5-7(6-15-11(8)14)21(18,19)17-12-16-9-3-1-2-4-10(9)20-12/h5-6H,1-4H2,(H2,14,15)(H,16,17). The Bertz CT molecular complexity index is 765. The summed E-state index contributed by atoms with van der Waals surface area (Å²) in [6.45, 7) is 0. The molecule has 9 heteroatoms. The monoisotopic (exact) mass is 344 g/mol. The van der Waals surface area contributed by atoms with Gasteiger partial charge < -0.3 is 5.73 Å². The zero-order valence-corrected chi connectivity index (χ0v) is 13.4. The van der Waals surface area contributed by atoms with Crippen molar-refractivity contribution in [2.45, 2.75) is 30.6 Å². The Morgan fingerprint density at radius 3 is 2.81 bits per heavy atom. The molecule has 0 aromatic carbocycles. The van der Waals surface area contributed by atoms with Crippen molar-refractivity contribution in [3.63, 3.8) is 0 Å². The van der Waals surface area contributed by atoms with Gasteiger partial charge in [-0.25, -0.2) is 18.4 Å². The maximum Gasteiger partial charge on any atom is 0.265 e. The number of nitrogen functional groups attached to an aromatic ring is 1. The maximum absolute atomic E-state index is 12.3. The molecule has 3 N–H and O–H groups in total. The number of aromatic nitrogens is 2. The zero-order valence-electron chi connectivity index (χ0n) is 11.0. The maximum atomic E-state index is 12.3. The van der Waals surface area contributed by atoms with Crippen LogP contribution in [-0.4, -0.2) is 18.4 Å². The number of sulfonamides is 1. The molecular formula is C12H13ClN4O2S2. The highest BCUT2D eigenvalue weighted by Gasteiger charge is 2.21. The number of nitrogens with two attached hydrogens (primary N) is 1. The highest BCUT2D eigenvalue weighted by molar-refractivity contribution is 7.93. The van der Waals surface area contributed by atoms with Crippen molar-refractivity contribution < 1.29 is 8.42 Å². The fourth-order valence-corrected chi connectivity index (χ4v) is 4.63. The lowest BCUT2D eigenvalue weighted by molar-refractivity contribution is 0.601. The molecule has 2 aromatic heterocycles. The van der Waals surface area contributed by atoms with E-state index < -0.39 is 10.0 Å². The lowest BCUT2D eigenvalue weighted by atomic mass is 10.0. The second-order valence-corrected chi connectivity index (χ2v) is 7.91. The molecule has 3 rings (SSSR count). The van der Waals surface area contributed by atoms with Gasteiger partial charge in [0, 0.05) is 11.1 Å². The van der Waals surface area contributed by atoms with Crippen LogP contribution in [0.5, 0.6) is 0 Å². The third kappa shape index (κ3) is 2.97. The van der Waals surface area contributed by atoms with E-state index in [1.807, 2.05) is 0 Å². The number of hydrogen-bond acceptors (Lipinski definition) is 6. The second-order valence-electron chi connectivity index (χ2n) is 4.74. The van der Waals surface area contributed by atoms with E-state index in [0.717, 1.165) is 36.3 Å². The molecule has 1 aliphatic carbocycles. The van der Waals surface area contributed by atoms with E-state index in [-0.39, 0.29) is 15.7 Å². The molecule has 1 aliphatic rings. The predicted molar refractivity (Wildman–Crippen MR) is 83.2 cm³/mol. The van der Waals surface area contributed by atoms with Crippen molar-refractivity contribution in [2.75, 3.05) is 10.5 Å². The average Bonchev–Trinajstić information content (AvgIpc) is 2.82. The van der Waals surface area contributed by atoms with Crippen molar-refractivity contribution in [1.82, 2.24) is 9.97 Å². The summed E-state index contributed by atoms with van der Waals surface area (Å²) in [5.41, 5.74) is 6.48. The van der Waals surface area contributed by atoms with Crippen molar-refractivity contribution >= 4 is 43.9 Å². The van der Waals surface area contributed by atoms with Gasteiger partial charge in [0.25, 0.3) is 10.0 Å². The number of nitrogens with one attached hydrogen (secondary N) is 1. The van der Waals surface area contributed by atoms with Crippen LogP contribution < -0.4 is 10.5 Å². The van der Waals surface area contributed by atoms with Crippen LogP contribution in [0.4, 0.5) is 10.9 Å². The highest BCUT2D eigenvalue weighted by Crippen LogP contribution is 2.31. The first-order valence-electron chi connectivity index (χ1n) is 6.38. The number of rotatable bonds is 3. The molecule has 0 fully saturated rings. The number of pyridine rings is 1. The number of thiazole rings is 1. The van der Waals surface area contributed by atoms with Gasteiger partial charge in [0.05, 0.1) is 10.7 Å². The smallest absolute Gasteiger partial charge is 0.265 e. The number of nitrogens with zero attached hydrogens (tertiary/aromatic N) is 2. The van der Waals surface area contributed by atoms with Crippen LogP contribution in [0.25, 0.3) is 0 Å². The first kappa shape index (κ1) is 14.6. The molecular weight excluding hydrogens is 332 g/mol. The number of fused-ring (bicyclic) bond motifs is 1. The first-order valence-corrected chi connectivity index (χ1v) is 9.06. The van der Waals surface area contributed by atoms with E-state index in [1.54, 1.807) is 0 Å². The lowest BCUT2D eigenvalue weighted by Gasteiger charge is -2.06. The summed E-state index contributed by atoms with van der Waals surface area (Å²) in [4.78, 5) is 9.24. The fourth-order valence-electron chi connectivity index (χ4n) is 2.15. The predicted octanol–water partition coefficient (Wildman–Crippen LogP) is 2.45. The summed E-state index contributed by atoms with van der Waals surface area (Å²) in [5, 5.41) is 0.492. The molecule has 0 spiro atoms. The van der Waals surface area contributed by atoms with Crippen molar-refractivity contribution in [3.8, 4) is 0 Å². The summed E-state index contributed by atoms with van der Waals surface area (Å²) >= 11 is 7.20. The van der Waals surface area contributed by atoms with Gasteiger partial charge in [-0.1, -0.05) is 11.6 Å². The van der Waals surface area contributed by atoms with Crippen LogP contribution in [0.1, 0.15) is 23.4 Å². The fraction of sp³-hybridized carbons (Fsp3) is 0.333. The minimum atomic E-state index is -3.76. The van der Waals surface area contributed by atoms with Gasteiger partial charge in [0.2, 0.25) is 0 Å². The van der Waals surface area contributed by atoms with Crippen LogP contribution in [-0.2, 0) is 22.9 Å². The molecule has 0 saturated heterocycles.